The topological polar surface area (TPSA) is 28.2 Å². The highest BCUT2D eigenvalue weighted by molar-refractivity contribution is 7.09. The maximum atomic E-state index is 4.53. The normalized spacial score (nSPS) is 17.3. The number of thiazole rings is 1. The quantitative estimate of drug-likeness (QED) is 0.734. The third-order valence-electron chi connectivity index (χ3n) is 3.64. The molecule has 0 aliphatic heterocycles. The van der Waals surface area contributed by atoms with Crippen molar-refractivity contribution in [2.24, 2.45) is 0 Å². The van der Waals surface area contributed by atoms with Crippen LogP contribution in [0.1, 0.15) is 43.3 Å². The van der Waals surface area contributed by atoms with Gasteiger partial charge in [-0.3, -0.25) is 4.90 Å². The molecule has 1 N–H and O–H groups in total. The number of nitrogens with one attached hydrogen (secondary N) is 1. The van der Waals surface area contributed by atoms with Crippen LogP contribution in [0.3, 0.4) is 0 Å². The summed E-state index contributed by atoms with van der Waals surface area (Å²) >= 11 is 1.74. The van der Waals surface area contributed by atoms with E-state index in [-0.39, 0.29) is 0 Å². The summed E-state index contributed by atoms with van der Waals surface area (Å²) in [4.78, 5) is 6.93. The van der Waals surface area contributed by atoms with Gasteiger partial charge in [-0.15, -0.1) is 11.3 Å². The van der Waals surface area contributed by atoms with Gasteiger partial charge in [-0.25, -0.2) is 4.98 Å². The number of aromatic nitrogens is 1. The lowest BCUT2D eigenvalue weighted by Crippen LogP contribution is -2.29. The van der Waals surface area contributed by atoms with Crippen LogP contribution in [-0.2, 0) is 6.54 Å². The van der Waals surface area contributed by atoms with Crippen molar-refractivity contribution in [3.63, 3.8) is 0 Å². The SMILES string of the molecule is Cc1nc(CN(C)C(C)CCCNC2CC2)cs1. The summed E-state index contributed by atoms with van der Waals surface area (Å²) in [6.07, 6.45) is 5.31. The highest BCUT2D eigenvalue weighted by Crippen LogP contribution is 2.18. The van der Waals surface area contributed by atoms with Gasteiger partial charge < -0.3 is 5.32 Å². The molecular formula is C14H25N3S. The number of hydrogen-bond donors (Lipinski definition) is 1. The zero-order valence-electron chi connectivity index (χ0n) is 11.8. The number of rotatable bonds is 8. The lowest BCUT2D eigenvalue weighted by atomic mass is 10.1. The molecule has 3 nitrogen and oxygen atoms in total. The van der Waals surface area contributed by atoms with E-state index in [1.54, 1.807) is 11.3 Å². The van der Waals surface area contributed by atoms with Gasteiger partial charge in [0.05, 0.1) is 10.7 Å². The minimum absolute atomic E-state index is 0.632. The molecule has 1 aromatic heterocycles. The molecule has 1 unspecified atom stereocenters. The zero-order valence-corrected chi connectivity index (χ0v) is 12.6. The lowest BCUT2D eigenvalue weighted by molar-refractivity contribution is 0.232. The molecule has 0 amide bonds. The van der Waals surface area contributed by atoms with Gasteiger partial charge in [0.2, 0.25) is 0 Å². The lowest BCUT2D eigenvalue weighted by Gasteiger charge is -2.23. The Morgan fingerprint density at radius 3 is 2.94 bits per heavy atom. The Balaban J connectivity index is 1.62. The predicted molar refractivity (Wildman–Crippen MR) is 78.0 cm³/mol. The number of aryl methyl sites for hydroxylation is 1. The minimum atomic E-state index is 0.632. The van der Waals surface area contributed by atoms with Crippen LogP contribution < -0.4 is 5.32 Å². The Labute approximate surface area is 115 Å². The average molecular weight is 267 g/mol. The molecule has 1 heterocycles. The Bertz CT molecular complexity index is 360. The number of nitrogens with zero attached hydrogens (tertiary/aromatic N) is 2. The van der Waals surface area contributed by atoms with Gasteiger partial charge in [-0.2, -0.15) is 0 Å². The summed E-state index contributed by atoms with van der Waals surface area (Å²) in [6.45, 7) is 6.54. The Morgan fingerprint density at radius 1 is 1.56 bits per heavy atom. The van der Waals surface area contributed by atoms with E-state index in [0.717, 1.165) is 12.6 Å². The molecular weight excluding hydrogens is 242 g/mol. The van der Waals surface area contributed by atoms with Gasteiger partial charge in [0.1, 0.15) is 0 Å². The fourth-order valence-corrected chi connectivity index (χ4v) is 2.71. The second-order valence-corrected chi connectivity index (χ2v) is 6.55. The first kappa shape index (κ1) is 14.0. The summed E-state index contributed by atoms with van der Waals surface area (Å²) in [5, 5.41) is 6.91. The maximum absolute atomic E-state index is 4.53. The van der Waals surface area contributed by atoms with Gasteiger partial charge in [0.15, 0.2) is 0 Å². The largest absolute Gasteiger partial charge is 0.314 e. The van der Waals surface area contributed by atoms with Gasteiger partial charge in [0, 0.05) is 24.0 Å². The molecule has 0 saturated heterocycles. The van der Waals surface area contributed by atoms with Crippen molar-refractivity contribution < 1.29 is 0 Å². The van der Waals surface area contributed by atoms with Crippen LogP contribution >= 0.6 is 11.3 Å². The summed E-state index contributed by atoms with van der Waals surface area (Å²) < 4.78 is 0. The van der Waals surface area contributed by atoms with E-state index in [1.807, 2.05) is 0 Å². The first-order valence-electron chi connectivity index (χ1n) is 7.00. The first-order valence-corrected chi connectivity index (χ1v) is 7.87. The van der Waals surface area contributed by atoms with E-state index < -0.39 is 0 Å². The van der Waals surface area contributed by atoms with Crippen molar-refractivity contribution in [3.05, 3.63) is 16.1 Å². The molecule has 0 radical (unpaired) electrons. The molecule has 1 atom stereocenters. The van der Waals surface area contributed by atoms with Crippen LogP contribution in [0.2, 0.25) is 0 Å². The third-order valence-corrected chi connectivity index (χ3v) is 4.46. The molecule has 2 rings (SSSR count). The minimum Gasteiger partial charge on any atom is -0.314 e. The van der Waals surface area contributed by atoms with E-state index >= 15 is 0 Å². The Hall–Kier alpha value is -0.450. The standard InChI is InChI=1S/C14H25N3S/c1-11(5-4-8-15-13-6-7-13)17(3)9-14-10-18-12(2)16-14/h10-11,13,15H,4-9H2,1-3H3. The van der Waals surface area contributed by atoms with Crippen molar-refractivity contribution in [3.8, 4) is 0 Å². The fourth-order valence-electron chi connectivity index (χ4n) is 2.10. The third kappa shape index (κ3) is 4.67. The molecule has 1 fully saturated rings. The van der Waals surface area contributed by atoms with E-state index in [0.29, 0.717) is 6.04 Å². The van der Waals surface area contributed by atoms with Crippen molar-refractivity contribution in [1.82, 2.24) is 15.2 Å². The van der Waals surface area contributed by atoms with Gasteiger partial charge in [-0.05, 0) is 53.1 Å². The second kappa shape index (κ2) is 6.64. The highest BCUT2D eigenvalue weighted by atomic mass is 32.1. The second-order valence-electron chi connectivity index (χ2n) is 5.49. The van der Waals surface area contributed by atoms with Crippen LogP contribution in [0.25, 0.3) is 0 Å². The Morgan fingerprint density at radius 2 is 2.33 bits per heavy atom. The molecule has 18 heavy (non-hydrogen) atoms. The summed E-state index contributed by atoms with van der Waals surface area (Å²) in [7, 11) is 2.20. The van der Waals surface area contributed by atoms with E-state index in [4.69, 9.17) is 0 Å². The van der Waals surface area contributed by atoms with E-state index in [2.05, 4.69) is 41.5 Å². The molecule has 0 bridgehead atoms. The summed E-state index contributed by atoms with van der Waals surface area (Å²) in [6, 6.07) is 1.48. The monoisotopic (exact) mass is 267 g/mol. The molecule has 1 aliphatic rings. The fraction of sp³-hybridized carbons (Fsp3) is 0.786. The van der Waals surface area contributed by atoms with Crippen LogP contribution in [0.15, 0.2) is 5.38 Å². The molecule has 0 spiro atoms. The van der Waals surface area contributed by atoms with Crippen molar-refractivity contribution in [1.29, 1.82) is 0 Å². The smallest absolute Gasteiger partial charge is 0.0897 e. The summed E-state index contributed by atoms with van der Waals surface area (Å²) in [5.41, 5.74) is 1.21. The average Bonchev–Trinajstić information content (AvgIpc) is 3.08. The van der Waals surface area contributed by atoms with Gasteiger partial charge in [0.25, 0.3) is 0 Å². The van der Waals surface area contributed by atoms with E-state index in [9.17, 15) is 0 Å². The molecule has 0 aromatic carbocycles. The van der Waals surface area contributed by atoms with Crippen LogP contribution in [0, 0.1) is 6.92 Å². The molecule has 1 saturated carbocycles. The van der Waals surface area contributed by atoms with Gasteiger partial charge >= 0.3 is 0 Å². The molecule has 1 aromatic rings. The van der Waals surface area contributed by atoms with Crippen LogP contribution in [0.4, 0.5) is 0 Å². The summed E-state index contributed by atoms with van der Waals surface area (Å²) in [5.74, 6) is 0. The van der Waals surface area contributed by atoms with Crippen LogP contribution in [0.5, 0.6) is 0 Å². The number of hydrogen-bond acceptors (Lipinski definition) is 4. The predicted octanol–water partition coefficient (Wildman–Crippen LogP) is 2.80. The van der Waals surface area contributed by atoms with E-state index in [1.165, 1.54) is 42.9 Å². The first-order chi connectivity index (χ1) is 8.65. The van der Waals surface area contributed by atoms with Crippen LogP contribution in [-0.4, -0.2) is 35.6 Å². The van der Waals surface area contributed by atoms with Gasteiger partial charge in [-0.1, -0.05) is 0 Å². The highest BCUT2D eigenvalue weighted by Gasteiger charge is 2.19. The molecule has 1 aliphatic carbocycles. The van der Waals surface area contributed by atoms with Crippen molar-refractivity contribution >= 4 is 11.3 Å². The van der Waals surface area contributed by atoms with Crippen molar-refractivity contribution in [2.75, 3.05) is 13.6 Å². The Kier molecular flexibility index (Phi) is 5.15. The molecule has 102 valence electrons. The van der Waals surface area contributed by atoms with Crippen molar-refractivity contribution in [2.45, 2.75) is 58.2 Å². The zero-order chi connectivity index (χ0) is 13.0. The molecule has 4 heteroatoms. The maximum Gasteiger partial charge on any atom is 0.0897 e.